The van der Waals surface area contributed by atoms with E-state index in [-0.39, 0.29) is 17.0 Å². The third-order valence-electron chi connectivity index (χ3n) is 5.13. The number of rotatable bonds is 8. The summed E-state index contributed by atoms with van der Waals surface area (Å²) in [6.45, 7) is -0.431. The van der Waals surface area contributed by atoms with Gasteiger partial charge in [-0.05, 0) is 78.9 Å². The van der Waals surface area contributed by atoms with E-state index in [1.807, 2.05) is 18.2 Å². The number of furan rings is 1. The second-order valence-corrected chi connectivity index (χ2v) is 9.16. The zero-order chi connectivity index (χ0) is 22.6. The summed E-state index contributed by atoms with van der Waals surface area (Å²) in [5, 5.41) is 2.72. The second kappa shape index (κ2) is 9.37. The van der Waals surface area contributed by atoms with Gasteiger partial charge in [-0.25, -0.2) is 17.9 Å². The summed E-state index contributed by atoms with van der Waals surface area (Å²) < 4.78 is 37.3. The second-order valence-electron chi connectivity index (χ2n) is 7.39. The number of esters is 1. The molecule has 4 rings (SSSR count). The molecule has 0 spiro atoms. The van der Waals surface area contributed by atoms with Crippen LogP contribution in [0.1, 0.15) is 33.7 Å². The SMILES string of the molecule is O=C(COC(=O)c1ccc(S(=O)(=O)NCc2ccco2)cc1)Nc1ccc2c(c1)CCC2. The smallest absolute Gasteiger partial charge is 0.338 e. The van der Waals surface area contributed by atoms with E-state index < -0.39 is 28.5 Å². The lowest BCUT2D eigenvalue weighted by Gasteiger charge is -2.09. The fourth-order valence-electron chi connectivity index (χ4n) is 3.49. The van der Waals surface area contributed by atoms with Gasteiger partial charge in [0.05, 0.1) is 23.3 Å². The van der Waals surface area contributed by atoms with Crippen molar-refractivity contribution in [3.05, 3.63) is 83.3 Å². The maximum atomic E-state index is 12.3. The third-order valence-corrected chi connectivity index (χ3v) is 6.55. The highest BCUT2D eigenvalue weighted by atomic mass is 32.2. The molecule has 1 aliphatic rings. The van der Waals surface area contributed by atoms with Crippen LogP contribution >= 0.6 is 0 Å². The Kier molecular flexibility index (Phi) is 6.38. The van der Waals surface area contributed by atoms with Crippen molar-refractivity contribution >= 4 is 27.6 Å². The summed E-state index contributed by atoms with van der Waals surface area (Å²) >= 11 is 0. The molecule has 1 aliphatic carbocycles. The Morgan fingerprint density at radius 2 is 1.78 bits per heavy atom. The molecular weight excluding hydrogens is 432 g/mol. The first-order chi connectivity index (χ1) is 15.4. The van der Waals surface area contributed by atoms with Gasteiger partial charge in [0.15, 0.2) is 6.61 Å². The molecule has 0 saturated carbocycles. The minimum Gasteiger partial charge on any atom is -0.468 e. The predicted octanol–water partition coefficient (Wildman–Crippen LogP) is 3.04. The first-order valence-corrected chi connectivity index (χ1v) is 11.6. The summed E-state index contributed by atoms with van der Waals surface area (Å²) in [5.74, 6) is -0.689. The van der Waals surface area contributed by atoms with Crippen molar-refractivity contribution in [1.82, 2.24) is 4.72 Å². The lowest BCUT2D eigenvalue weighted by Crippen LogP contribution is -2.23. The number of nitrogens with one attached hydrogen (secondary N) is 2. The zero-order valence-electron chi connectivity index (χ0n) is 17.2. The van der Waals surface area contributed by atoms with Crippen molar-refractivity contribution < 1.29 is 27.2 Å². The van der Waals surface area contributed by atoms with Crippen LogP contribution in [-0.2, 0) is 38.9 Å². The summed E-state index contributed by atoms with van der Waals surface area (Å²) in [6, 6.07) is 14.4. The molecule has 0 bridgehead atoms. The van der Waals surface area contributed by atoms with Crippen molar-refractivity contribution in [3.8, 4) is 0 Å². The van der Waals surface area contributed by atoms with Crippen molar-refractivity contribution in [3.63, 3.8) is 0 Å². The molecule has 1 aromatic heterocycles. The number of hydrogen-bond donors (Lipinski definition) is 2. The van der Waals surface area contributed by atoms with E-state index in [9.17, 15) is 18.0 Å². The first-order valence-electron chi connectivity index (χ1n) is 10.1. The summed E-state index contributed by atoms with van der Waals surface area (Å²) in [7, 11) is -3.77. The van der Waals surface area contributed by atoms with Gasteiger partial charge in [0.2, 0.25) is 10.0 Å². The molecule has 32 heavy (non-hydrogen) atoms. The number of carbonyl (C=O) groups is 2. The fraction of sp³-hybridized carbons (Fsp3) is 0.217. The molecule has 166 valence electrons. The van der Waals surface area contributed by atoms with Crippen LogP contribution in [0.3, 0.4) is 0 Å². The number of fused-ring (bicyclic) bond motifs is 1. The molecule has 2 aromatic carbocycles. The Morgan fingerprint density at radius 1 is 1.00 bits per heavy atom. The Bertz CT molecular complexity index is 1220. The van der Waals surface area contributed by atoms with Gasteiger partial charge in [-0.2, -0.15) is 0 Å². The first kappa shape index (κ1) is 21.8. The molecule has 0 unspecified atom stereocenters. The molecule has 0 fully saturated rings. The van der Waals surface area contributed by atoms with Gasteiger partial charge in [0.25, 0.3) is 5.91 Å². The molecule has 0 atom stereocenters. The standard InChI is InChI=1S/C23H22N2O6S/c26-22(25-19-9-6-16-3-1-4-18(16)13-19)15-31-23(27)17-7-10-21(11-8-17)32(28,29)24-14-20-5-2-12-30-20/h2,5-13,24H,1,3-4,14-15H2,(H,25,26). The number of ether oxygens (including phenoxy) is 1. The number of sulfonamides is 1. The number of carbonyl (C=O) groups excluding carboxylic acids is 2. The Labute approximate surface area is 185 Å². The molecule has 2 N–H and O–H groups in total. The average Bonchev–Trinajstić information content (AvgIpc) is 3.48. The maximum absolute atomic E-state index is 12.3. The highest BCUT2D eigenvalue weighted by Gasteiger charge is 2.17. The van der Waals surface area contributed by atoms with Gasteiger partial charge in [-0.1, -0.05) is 6.07 Å². The maximum Gasteiger partial charge on any atom is 0.338 e. The summed E-state index contributed by atoms with van der Waals surface area (Å²) in [5.41, 5.74) is 3.34. The van der Waals surface area contributed by atoms with E-state index in [0.717, 1.165) is 19.3 Å². The van der Waals surface area contributed by atoms with E-state index in [4.69, 9.17) is 9.15 Å². The number of anilines is 1. The fourth-order valence-corrected chi connectivity index (χ4v) is 4.49. The molecule has 1 amide bonds. The van der Waals surface area contributed by atoms with E-state index in [2.05, 4.69) is 10.0 Å². The monoisotopic (exact) mass is 454 g/mol. The molecule has 8 nitrogen and oxygen atoms in total. The van der Waals surface area contributed by atoms with Crippen LogP contribution in [0.5, 0.6) is 0 Å². The number of amides is 1. The number of aryl methyl sites for hydroxylation is 2. The van der Waals surface area contributed by atoms with Crippen LogP contribution in [0.4, 0.5) is 5.69 Å². The molecule has 9 heteroatoms. The lowest BCUT2D eigenvalue weighted by atomic mass is 10.1. The van der Waals surface area contributed by atoms with Gasteiger partial charge in [-0.15, -0.1) is 0 Å². The van der Waals surface area contributed by atoms with Gasteiger partial charge >= 0.3 is 5.97 Å². The van der Waals surface area contributed by atoms with Crippen molar-refractivity contribution in [2.45, 2.75) is 30.7 Å². The minimum absolute atomic E-state index is 0.00467. The van der Waals surface area contributed by atoms with Gasteiger partial charge in [0.1, 0.15) is 5.76 Å². The summed E-state index contributed by atoms with van der Waals surface area (Å²) in [6.07, 6.45) is 4.62. The van der Waals surface area contributed by atoms with E-state index in [1.54, 1.807) is 12.1 Å². The average molecular weight is 455 g/mol. The van der Waals surface area contributed by atoms with E-state index in [1.165, 1.54) is 41.7 Å². The highest BCUT2D eigenvalue weighted by Crippen LogP contribution is 2.24. The normalized spacial score (nSPS) is 12.9. The molecule has 3 aromatic rings. The molecule has 0 saturated heterocycles. The van der Waals surface area contributed by atoms with Crippen molar-refractivity contribution in [2.24, 2.45) is 0 Å². The van der Waals surface area contributed by atoms with E-state index >= 15 is 0 Å². The largest absolute Gasteiger partial charge is 0.468 e. The van der Waals surface area contributed by atoms with Gasteiger partial charge in [0, 0.05) is 5.69 Å². The Balaban J connectivity index is 1.29. The molecule has 0 aliphatic heterocycles. The van der Waals surface area contributed by atoms with Crippen LogP contribution in [0.25, 0.3) is 0 Å². The van der Waals surface area contributed by atoms with Crippen molar-refractivity contribution in [1.29, 1.82) is 0 Å². The molecule has 0 radical (unpaired) electrons. The van der Waals surface area contributed by atoms with Crippen LogP contribution in [0.15, 0.2) is 70.2 Å². The van der Waals surface area contributed by atoms with Gasteiger partial charge < -0.3 is 14.5 Å². The van der Waals surface area contributed by atoms with Crippen LogP contribution in [0, 0.1) is 0 Å². The minimum atomic E-state index is -3.77. The summed E-state index contributed by atoms with van der Waals surface area (Å²) in [4.78, 5) is 24.3. The van der Waals surface area contributed by atoms with Crippen LogP contribution < -0.4 is 10.0 Å². The highest BCUT2D eigenvalue weighted by molar-refractivity contribution is 7.89. The molecular formula is C23H22N2O6S. The predicted molar refractivity (Wildman–Crippen MR) is 117 cm³/mol. The lowest BCUT2D eigenvalue weighted by molar-refractivity contribution is -0.119. The Morgan fingerprint density at radius 3 is 2.53 bits per heavy atom. The van der Waals surface area contributed by atoms with E-state index in [0.29, 0.717) is 11.4 Å². The molecule has 1 heterocycles. The Hall–Kier alpha value is -3.43. The topological polar surface area (TPSA) is 115 Å². The number of hydrogen-bond acceptors (Lipinski definition) is 6. The van der Waals surface area contributed by atoms with Gasteiger partial charge in [-0.3, -0.25) is 4.79 Å². The van der Waals surface area contributed by atoms with Crippen LogP contribution in [0.2, 0.25) is 0 Å². The quantitative estimate of drug-likeness (QED) is 0.506. The van der Waals surface area contributed by atoms with Crippen molar-refractivity contribution in [2.75, 3.05) is 11.9 Å². The third kappa shape index (κ3) is 5.24. The number of benzene rings is 2. The zero-order valence-corrected chi connectivity index (χ0v) is 18.0. The van der Waals surface area contributed by atoms with Crippen LogP contribution in [-0.4, -0.2) is 26.9 Å².